The first kappa shape index (κ1) is 30.2. The lowest BCUT2D eigenvalue weighted by molar-refractivity contribution is -0.141. The highest BCUT2D eigenvalue weighted by Crippen LogP contribution is 2.55. The quantitative estimate of drug-likeness (QED) is 0.281. The fraction of sp³-hybridized carbons (Fsp3) is 0.484. The van der Waals surface area contributed by atoms with Crippen LogP contribution in [0.1, 0.15) is 67.0 Å². The van der Waals surface area contributed by atoms with Gasteiger partial charge in [0, 0.05) is 18.5 Å². The Hall–Kier alpha value is -3.31. The van der Waals surface area contributed by atoms with Crippen LogP contribution in [0.5, 0.6) is 5.75 Å². The van der Waals surface area contributed by atoms with E-state index in [2.05, 4.69) is 47.8 Å². The third-order valence-corrected chi connectivity index (χ3v) is 8.88. The number of aromatic hydroxyl groups is 1. The van der Waals surface area contributed by atoms with E-state index in [1.165, 1.54) is 6.92 Å². The molecule has 2 N–H and O–H groups in total. The monoisotopic (exact) mass is 602 g/mol. The van der Waals surface area contributed by atoms with Gasteiger partial charge in [-0.3, -0.25) is 0 Å². The van der Waals surface area contributed by atoms with Crippen molar-refractivity contribution < 1.29 is 27.8 Å². The number of para-hydroxylation sites is 2. The van der Waals surface area contributed by atoms with Gasteiger partial charge in [-0.05, 0) is 74.5 Å². The molecule has 0 unspecified atom stereocenters. The summed E-state index contributed by atoms with van der Waals surface area (Å²) in [5.41, 5.74) is 2.93. The SMILES string of the molecule is CCOC(=O)c1sc(Nc2ccccc2N2CC3(CCN(CC(C)(C)C)CC3)c3c(C)ccc(O)c32)nc1C(F)(F)F. The number of halogens is 3. The maximum atomic E-state index is 13.8. The Morgan fingerprint density at radius 1 is 1.14 bits per heavy atom. The highest BCUT2D eigenvalue weighted by molar-refractivity contribution is 7.17. The number of carbonyl (C=O) groups is 1. The number of hydrogen-bond acceptors (Lipinski definition) is 8. The van der Waals surface area contributed by atoms with E-state index in [1.807, 2.05) is 18.2 Å². The van der Waals surface area contributed by atoms with Crippen LogP contribution in [0.25, 0.3) is 0 Å². The maximum Gasteiger partial charge on any atom is 0.435 e. The molecule has 2 aromatic carbocycles. The number of likely N-dealkylation sites (tertiary alicyclic amines) is 1. The fourth-order valence-electron chi connectivity index (χ4n) is 6.34. The Balaban J connectivity index is 1.51. The molecular formula is C31H37F3N4O3S. The van der Waals surface area contributed by atoms with Crippen molar-refractivity contribution in [1.29, 1.82) is 0 Å². The number of nitrogens with zero attached hydrogens (tertiary/aromatic N) is 3. The maximum absolute atomic E-state index is 13.8. The van der Waals surface area contributed by atoms with Crippen molar-refractivity contribution in [1.82, 2.24) is 9.88 Å². The molecule has 2 aliphatic rings. The van der Waals surface area contributed by atoms with Crippen LogP contribution in [0.2, 0.25) is 0 Å². The van der Waals surface area contributed by atoms with Gasteiger partial charge >= 0.3 is 12.1 Å². The Morgan fingerprint density at radius 2 is 1.83 bits per heavy atom. The summed E-state index contributed by atoms with van der Waals surface area (Å²) in [4.78, 5) is 20.0. The van der Waals surface area contributed by atoms with Crippen LogP contribution >= 0.6 is 11.3 Å². The van der Waals surface area contributed by atoms with Gasteiger partial charge in [0.1, 0.15) is 10.6 Å². The second-order valence-corrected chi connectivity index (χ2v) is 13.4. The number of carbonyl (C=O) groups excluding carboxylic acids is 1. The molecular weight excluding hydrogens is 565 g/mol. The zero-order chi connectivity index (χ0) is 30.4. The smallest absolute Gasteiger partial charge is 0.435 e. The Kier molecular flexibility index (Phi) is 7.95. The summed E-state index contributed by atoms with van der Waals surface area (Å²) in [6.07, 6.45) is -2.96. The number of hydrogen-bond donors (Lipinski definition) is 2. The number of rotatable bonds is 6. The Bertz CT molecular complexity index is 1470. The molecule has 1 saturated heterocycles. The summed E-state index contributed by atoms with van der Waals surface area (Å²) in [7, 11) is 0. The zero-order valence-corrected chi connectivity index (χ0v) is 25.4. The minimum absolute atomic E-state index is 0.0490. The van der Waals surface area contributed by atoms with E-state index in [-0.39, 0.29) is 28.3 Å². The van der Waals surface area contributed by atoms with Gasteiger partial charge in [-0.25, -0.2) is 9.78 Å². The normalized spacial score (nSPS) is 17.0. The van der Waals surface area contributed by atoms with Crippen molar-refractivity contribution in [3.63, 3.8) is 0 Å². The largest absolute Gasteiger partial charge is 0.506 e. The number of anilines is 4. The Morgan fingerprint density at radius 3 is 2.48 bits per heavy atom. The number of phenols is 1. The number of benzene rings is 2. The molecule has 226 valence electrons. The molecule has 1 spiro atoms. The van der Waals surface area contributed by atoms with Gasteiger partial charge in [-0.2, -0.15) is 13.2 Å². The van der Waals surface area contributed by atoms with E-state index < -0.39 is 22.7 Å². The van der Waals surface area contributed by atoms with E-state index >= 15 is 0 Å². The summed E-state index contributed by atoms with van der Waals surface area (Å²) in [5, 5.41) is 14.1. The highest BCUT2D eigenvalue weighted by atomic mass is 32.1. The average Bonchev–Trinajstić information content (AvgIpc) is 3.48. The predicted octanol–water partition coefficient (Wildman–Crippen LogP) is 7.63. The number of piperidine rings is 1. The first-order chi connectivity index (χ1) is 19.7. The number of aryl methyl sites for hydroxylation is 1. The molecule has 0 radical (unpaired) electrons. The number of esters is 1. The molecule has 0 saturated carbocycles. The molecule has 3 aromatic rings. The summed E-state index contributed by atoms with van der Waals surface area (Å²) in [6, 6.07) is 10.9. The Labute approximate surface area is 248 Å². The highest BCUT2D eigenvalue weighted by Gasteiger charge is 2.48. The molecule has 2 aliphatic heterocycles. The van der Waals surface area contributed by atoms with Gasteiger partial charge in [0.15, 0.2) is 10.8 Å². The molecule has 42 heavy (non-hydrogen) atoms. The number of nitrogens with one attached hydrogen (secondary N) is 1. The van der Waals surface area contributed by atoms with Crippen molar-refractivity contribution in [2.45, 2.75) is 59.1 Å². The molecule has 1 aromatic heterocycles. The van der Waals surface area contributed by atoms with Crippen molar-refractivity contribution in [2.75, 3.05) is 43.0 Å². The second kappa shape index (κ2) is 11.1. The standard InChI is InChI=1S/C31H37F3N4O3S/c1-6-41-27(40)25-26(31(32,33)34)36-28(42-25)35-20-9-7-8-10-21(20)38-18-30(23-19(2)11-12-22(39)24(23)38)13-15-37(16-14-30)17-29(3,4)5/h7-12,39H,6,13-18H2,1-5H3,(H,35,36). The van der Waals surface area contributed by atoms with Crippen LogP contribution in [0.15, 0.2) is 36.4 Å². The van der Waals surface area contributed by atoms with Gasteiger partial charge in [-0.1, -0.05) is 50.3 Å². The van der Waals surface area contributed by atoms with Gasteiger partial charge < -0.3 is 25.0 Å². The number of fused-ring (bicyclic) bond motifs is 2. The van der Waals surface area contributed by atoms with Crippen molar-refractivity contribution in [3.8, 4) is 5.75 Å². The van der Waals surface area contributed by atoms with Gasteiger partial charge in [0.05, 0.1) is 23.7 Å². The molecule has 11 heteroatoms. The number of alkyl halides is 3. The van der Waals surface area contributed by atoms with Crippen LogP contribution in [0.4, 0.5) is 35.4 Å². The molecule has 0 amide bonds. The average molecular weight is 603 g/mol. The summed E-state index contributed by atoms with van der Waals surface area (Å²) >= 11 is 0.608. The van der Waals surface area contributed by atoms with Gasteiger partial charge in [0.25, 0.3) is 0 Å². The van der Waals surface area contributed by atoms with Gasteiger partial charge in [0.2, 0.25) is 0 Å². The number of aromatic nitrogens is 1. The first-order valence-corrected chi connectivity index (χ1v) is 15.0. The molecule has 1 fully saturated rings. The van der Waals surface area contributed by atoms with E-state index in [1.54, 1.807) is 18.2 Å². The van der Waals surface area contributed by atoms with Gasteiger partial charge in [-0.15, -0.1) is 0 Å². The molecule has 0 atom stereocenters. The lowest BCUT2D eigenvalue weighted by Gasteiger charge is -2.42. The second-order valence-electron chi connectivity index (χ2n) is 12.4. The van der Waals surface area contributed by atoms with E-state index in [9.17, 15) is 23.1 Å². The predicted molar refractivity (Wildman–Crippen MR) is 159 cm³/mol. The third kappa shape index (κ3) is 5.81. The summed E-state index contributed by atoms with van der Waals surface area (Å²) in [5.74, 6) is -0.894. The van der Waals surface area contributed by atoms with Crippen LogP contribution < -0.4 is 10.2 Å². The van der Waals surface area contributed by atoms with Crippen molar-refractivity contribution in [2.24, 2.45) is 5.41 Å². The fourth-order valence-corrected chi connectivity index (χ4v) is 7.23. The number of phenolic OH excluding ortho intramolecular Hbond substituents is 1. The summed E-state index contributed by atoms with van der Waals surface area (Å²) in [6.45, 7) is 13.8. The third-order valence-electron chi connectivity index (χ3n) is 7.93. The van der Waals surface area contributed by atoms with Crippen LogP contribution in [-0.2, 0) is 16.3 Å². The van der Waals surface area contributed by atoms with E-state index in [4.69, 9.17) is 4.74 Å². The lowest BCUT2D eigenvalue weighted by Crippen LogP contribution is -2.47. The minimum atomic E-state index is -4.82. The van der Waals surface area contributed by atoms with E-state index in [0.29, 0.717) is 29.3 Å². The molecule has 0 bridgehead atoms. The molecule has 5 rings (SSSR count). The van der Waals surface area contributed by atoms with E-state index in [0.717, 1.165) is 49.3 Å². The summed E-state index contributed by atoms with van der Waals surface area (Å²) < 4.78 is 46.1. The van der Waals surface area contributed by atoms with Crippen molar-refractivity contribution in [3.05, 3.63) is 58.1 Å². The first-order valence-electron chi connectivity index (χ1n) is 14.2. The van der Waals surface area contributed by atoms with Crippen LogP contribution in [0.3, 0.4) is 0 Å². The van der Waals surface area contributed by atoms with Crippen LogP contribution in [0, 0.1) is 12.3 Å². The molecule has 0 aliphatic carbocycles. The number of thiazole rings is 1. The van der Waals surface area contributed by atoms with Crippen molar-refractivity contribution >= 4 is 39.5 Å². The van der Waals surface area contributed by atoms with Crippen LogP contribution in [-0.4, -0.2) is 53.7 Å². The lowest BCUT2D eigenvalue weighted by atomic mass is 9.72. The molecule has 3 heterocycles. The topological polar surface area (TPSA) is 77.9 Å². The minimum Gasteiger partial charge on any atom is -0.506 e. The zero-order valence-electron chi connectivity index (χ0n) is 24.6. The number of ether oxygens (including phenoxy) is 1. The molecule has 7 nitrogen and oxygen atoms in total.